The Labute approximate surface area is 95.5 Å². The molecule has 6 heteroatoms. The van der Waals surface area contributed by atoms with Crippen LogP contribution < -0.4 is 0 Å². The number of benzene rings is 1. The molecule has 2 rings (SSSR count). The molecule has 3 nitrogen and oxygen atoms in total. The number of alkyl halides is 2. The van der Waals surface area contributed by atoms with Crippen LogP contribution in [-0.2, 0) is 0 Å². The third kappa shape index (κ3) is 2.35. The lowest BCUT2D eigenvalue weighted by Gasteiger charge is -2.16. The molecule has 1 aliphatic rings. The fourth-order valence-corrected chi connectivity index (χ4v) is 1.76. The number of halogens is 3. The van der Waals surface area contributed by atoms with Gasteiger partial charge in [0.2, 0.25) is 0 Å². The zero-order valence-corrected chi connectivity index (χ0v) is 8.79. The van der Waals surface area contributed by atoms with Gasteiger partial charge in [0.1, 0.15) is 11.6 Å². The first-order valence-corrected chi connectivity index (χ1v) is 5.05. The van der Waals surface area contributed by atoms with Crippen LogP contribution in [-0.4, -0.2) is 34.9 Å². The lowest BCUT2D eigenvalue weighted by Crippen LogP contribution is -2.31. The van der Waals surface area contributed by atoms with E-state index in [2.05, 4.69) is 0 Å². The van der Waals surface area contributed by atoms with Gasteiger partial charge in [-0.1, -0.05) is 0 Å². The van der Waals surface area contributed by atoms with Crippen LogP contribution in [0.2, 0.25) is 0 Å². The quantitative estimate of drug-likeness (QED) is 0.822. The van der Waals surface area contributed by atoms with E-state index in [1.54, 1.807) is 0 Å². The number of phenolic OH excluding ortho intramolecular Hbond substituents is 1. The van der Waals surface area contributed by atoms with Crippen molar-refractivity contribution >= 4 is 5.91 Å². The molecule has 1 N–H and O–H groups in total. The van der Waals surface area contributed by atoms with E-state index in [0.717, 1.165) is 23.1 Å². The first-order chi connectivity index (χ1) is 7.89. The van der Waals surface area contributed by atoms with Gasteiger partial charge in [-0.05, 0) is 12.1 Å². The lowest BCUT2D eigenvalue weighted by atomic mass is 10.2. The number of carbonyl (C=O) groups is 1. The molecule has 1 aromatic carbocycles. The number of hydrogen-bond donors (Lipinski definition) is 1. The maximum Gasteiger partial charge on any atom is 0.267 e. The first kappa shape index (κ1) is 11.8. The fourth-order valence-electron chi connectivity index (χ4n) is 1.76. The summed E-state index contributed by atoms with van der Waals surface area (Å²) >= 11 is 0. The summed E-state index contributed by atoms with van der Waals surface area (Å²) in [4.78, 5) is 12.6. The minimum absolute atomic E-state index is 0.0911. The number of aromatic hydroxyl groups is 1. The SMILES string of the molecule is O=C(c1ccc(O)cc1F)N1CCC(F)(F)C1. The monoisotopic (exact) mass is 245 g/mol. The van der Waals surface area contributed by atoms with E-state index in [0.29, 0.717) is 0 Å². The summed E-state index contributed by atoms with van der Waals surface area (Å²) in [5.74, 6) is -4.90. The van der Waals surface area contributed by atoms with Crippen molar-refractivity contribution in [3.05, 3.63) is 29.6 Å². The minimum Gasteiger partial charge on any atom is -0.508 e. The number of carbonyl (C=O) groups excluding carboxylic acids is 1. The normalized spacial score (nSPS) is 18.4. The van der Waals surface area contributed by atoms with Crippen molar-refractivity contribution in [3.8, 4) is 5.75 Å². The Bertz CT molecular complexity index is 462. The van der Waals surface area contributed by atoms with Gasteiger partial charge in [-0.15, -0.1) is 0 Å². The van der Waals surface area contributed by atoms with Crippen molar-refractivity contribution in [2.75, 3.05) is 13.1 Å². The molecule has 0 bridgehead atoms. The van der Waals surface area contributed by atoms with Crippen LogP contribution in [0.3, 0.4) is 0 Å². The van der Waals surface area contributed by atoms with Crippen molar-refractivity contribution < 1.29 is 23.1 Å². The van der Waals surface area contributed by atoms with Gasteiger partial charge in [0.25, 0.3) is 11.8 Å². The van der Waals surface area contributed by atoms with Crippen LogP contribution >= 0.6 is 0 Å². The van der Waals surface area contributed by atoms with E-state index in [-0.39, 0.29) is 17.9 Å². The van der Waals surface area contributed by atoms with E-state index < -0.39 is 30.6 Å². The summed E-state index contributed by atoms with van der Waals surface area (Å²) in [6.07, 6.45) is -0.404. The molecular weight excluding hydrogens is 235 g/mol. The summed E-state index contributed by atoms with van der Waals surface area (Å²) in [6.45, 7) is -0.779. The summed E-state index contributed by atoms with van der Waals surface area (Å²) in [5, 5.41) is 8.98. The number of hydrogen-bond acceptors (Lipinski definition) is 2. The molecule has 92 valence electrons. The van der Waals surface area contributed by atoms with E-state index in [9.17, 15) is 18.0 Å². The second kappa shape index (κ2) is 3.94. The highest BCUT2D eigenvalue weighted by molar-refractivity contribution is 5.94. The highest BCUT2D eigenvalue weighted by Crippen LogP contribution is 2.28. The molecule has 0 unspecified atom stereocenters. The molecule has 1 aromatic rings. The van der Waals surface area contributed by atoms with Gasteiger partial charge in [0.15, 0.2) is 0 Å². The predicted molar refractivity (Wildman–Crippen MR) is 53.5 cm³/mol. The Kier molecular flexibility index (Phi) is 2.73. The standard InChI is InChI=1S/C11H10F3NO2/c12-9-5-7(16)1-2-8(9)10(17)15-4-3-11(13,14)6-15/h1-2,5,16H,3-4,6H2. The Morgan fingerprint density at radius 2 is 2.12 bits per heavy atom. The van der Waals surface area contributed by atoms with Gasteiger partial charge >= 0.3 is 0 Å². The molecule has 1 fully saturated rings. The summed E-state index contributed by atoms with van der Waals surface area (Å²) < 4.78 is 39.2. The predicted octanol–water partition coefficient (Wildman–Crippen LogP) is 2.01. The fraction of sp³-hybridized carbons (Fsp3) is 0.364. The van der Waals surface area contributed by atoms with Crippen LogP contribution in [0.4, 0.5) is 13.2 Å². The topological polar surface area (TPSA) is 40.5 Å². The number of rotatable bonds is 1. The molecule has 17 heavy (non-hydrogen) atoms. The average molecular weight is 245 g/mol. The molecule has 1 saturated heterocycles. The molecule has 0 atom stereocenters. The van der Waals surface area contributed by atoms with Crippen LogP contribution in [0.25, 0.3) is 0 Å². The second-order valence-corrected chi connectivity index (χ2v) is 4.00. The van der Waals surface area contributed by atoms with Gasteiger partial charge in [-0.3, -0.25) is 4.79 Å². The molecule has 1 amide bonds. The summed E-state index contributed by atoms with van der Waals surface area (Å²) in [7, 11) is 0. The largest absolute Gasteiger partial charge is 0.508 e. The van der Waals surface area contributed by atoms with E-state index in [4.69, 9.17) is 5.11 Å². The first-order valence-electron chi connectivity index (χ1n) is 5.05. The molecular formula is C11H10F3NO2. The molecule has 0 saturated carbocycles. The molecule has 0 aliphatic carbocycles. The van der Waals surface area contributed by atoms with Crippen LogP contribution in [0.15, 0.2) is 18.2 Å². The van der Waals surface area contributed by atoms with Gasteiger partial charge < -0.3 is 10.0 Å². The number of phenols is 1. The summed E-state index contributed by atoms with van der Waals surface area (Å²) in [5.41, 5.74) is -0.305. The molecule has 1 heterocycles. The van der Waals surface area contributed by atoms with Crippen molar-refractivity contribution in [1.29, 1.82) is 0 Å². The third-order valence-corrected chi connectivity index (χ3v) is 2.64. The third-order valence-electron chi connectivity index (χ3n) is 2.64. The van der Waals surface area contributed by atoms with Gasteiger partial charge in [0, 0.05) is 19.0 Å². The maximum atomic E-state index is 13.4. The van der Waals surface area contributed by atoms with E-state index in [1.165, 1.54) is 0 Å². The smallest absolute Gasteiger partial charge is 0.267 e. The molecule has 0 radical (unpaired) electrons. The minimum atomic E-state index is -2.90. The lowest BCUT2D eigenvalue weighted by molar-refractivity contribution is 0.0119. The number of amides is 1. The molecule has 0 aromatic heterocycles. The van der Waals surface area contributed by atoms with Gasteiger partial charge in [0.05, 0.1) is 12.1 Å². The maximum absolute atomic E-state index is 13.4. The van der Waals surface area contributed by atoms with Crippen LogP contribution in [0, 0.1) is 5.82 Å². The number of nitrogens with zero attached hydrogens (tertiary/aromatic N) is 1. The van der Waals surface area contributed by atoms with E-state index >= 15 is 0 Å². The number of likely N-dealkylation sites (tertiary alicyclic amines) is 1. The van der Waals surface area contributed by atoms with Gasteiger partial charge in [-0.2, -0.15) is 0 Å². The second-order valence-electron chi connectivity index (χ2n) is 4.00. The highest BCUT2D eigenvalue weighted by Gasteiger charge is 2.40. The Balaban J connectivity index is 2.21. The Hall–Kier alpha value is -1.72. The van der Waals surface area contributed by atoms with Crippen molar-refractivity contribution in [2.24, 2.45) is 0 Å². The van der Waals surface area contributed by atoms with Crippen LogP contribution in [0.5, 0.6) is 5.75 Å². The summed E-state index contributed by atoms with van der Waals surface area (Å²) in [6, 6.07) is 3.01. The van der Waals surface area contributed by atoms with E-state index in [1.807, 2.05) is 0 Å². The van der Waals surface area contributed by atoms with Gasteiger partial charge in [-0.25, -0.2) is 13.2 Å². The van der Waals surface area contributed by atoms with Crippen molar-refractivity contribution in [2.45, 2.75) is 12.3 Å². The zero-order valence-electron chi connectivity index (χ0n) is 8.79. The Morgan fingerprint density at radius 1 is 1.41 bits per heavy atom. The molecule has 0 spiro atoms. The highest BCUT2D eigenvalue weighted by atomic mass is 19.3. The zero-order chi connectivity index (χ0) is 12.6. The van der Waals surface area contributed by atoms with Crippen molar-refractivity contribution in [3.63, 3.8) is 0 Å². The van der Waals surface area contributed by atoms with Crippen molar-refractivity contribution in [1.82, 2.24) is 4.90 Å². The Morgan fingerprint density at radius 3 is 2.65 bits per heavy atom. The molecule has 1 aliphatic heterocycles. The average Bonchev–Trinajstić information content (AvgIpc) is 2.58. The van der Waals surface area contributed by atoms with Crippen LogP contribution in [0.1, 0.15) is 16.8 Å².